The number of halogens is 2. The Morgan fingerprint density at radius 2 is 2.00 bits per heavy atom. The molecule has 0 unspecified atom stereocenters. The summed E-state index contributed by atoms with van der Waals surface area (Å²) in [7, 11) is 1.33. The second-order valence-corrected chi connectivity index (χ2v) is 5.96. The van der Waals surface area contributed by atoms with E-state index in [2.05, 4.69) is 0 Å². The Hall–Kier alpha value is -0.760. The first-order chi connectivity index (χ1) is 7.43. The van der Waals surface area contributed by atoms with Gasteiger partial charge in [-0.15, -0.1) is 11.6 Å². The summed E-state index contributed by atoms with van der Waals surface area (Å²) in [6.07, 6.45) is 0.680. The van der Waals surface area contributed by atoms with Gasteiger partial charge in [-0.05, 0) is 29.7 Å². The van der Waals surface area contributed by atoms with Gasteiger partial charge in [-0.3, -0.25) is 0 Å². The molecule has 3 nitrogen and oxygen atoms in total. The zero-order valence-electron chi connectivity index (χ0n) is 8.50. The molecule has 0 saturated heterocycles. The molecule has 0 spiro atoms. The second-order valence-electron chi connectivity index (χ2n) is 3.15. The first kappa shape index (κ1) is 13.3. The topological polar surface area (TPSA) is 57.9 Å². The fourth-order valence-corrected chi connectivity index (χ4v) is 2.69. The maximum Gasteiger partial charge on any atom is 0.262 e. The number of alkyl halides is 1. The van der Waals surface area contributed by atoms with Crippen molar-refractivity contribution in [2.75, 3.05) is 0 Å². The van der Waals surface area contributed by atoms with E-state index in [0.29, 0.717) is 12.0 Å². The molecule has 0 fully saturated rings. The number of rotatable bonds is 3. The van der Waals surface area contributed by atoms with Crippen molar-refractivity contribution < 1.29 is 8.42 Å². The van der Waals surface area contributed by atoms with Gasteiger partial charge < -0.3 is 0 Å². The fourth-order valence-electron chi connectivity index (χ4n) is 1.41. The van der Waals surface area contributed by atoms with Gasteiger partial charge in [-0.2, -0.15) is 5.26 Å². The van der Waals surface area contributed by atoms with Gasteiger partial charge in [0, 0.05) is 16.6 Å². The molecule has 86 valence electrons. The van der Waals surface area contributed by atoms with E-state index in [1.165, 1.54) is 12.1 Å². The van der Waals surface area contributed by atoms with E-state index >= 15 is 0 Å². The highest BCUT2D eigenvalue weighted by molar-refractivity contribution is 8.13. The molecular formula is C10H9Cl2NO2S. The SMILES string of the molecule is CCc1cc(C#N)c(S(=O)(=O)Cl)cc1CCl. The van der Waals surface area contributed by atoms with Gasteiger partial charge in [0.15, 0.2) is 0 Å². The summed E-state index contributed by atoms with van der Waals surface area (Å²) in [5.74, 6) is 0.189. The van der Waals surface area contributed by atoms with E-state index in [4.69, 9.17) is 27.5 Å². The van der Waals surface area contributed by atoms with E-state index in [1.807, 2.05) is 13.0 Å². The van der Waals surface area contributed by atoms with Crippen LogP contribution in [-0.2, 0) is 21.4 Å². The van der Waals surface area contributed by atoms with Crippen LogP contribution >= 0.6 is 22.3 Å². The first-order valence-corrected chi connectivity index (χ1v) is 7.35. The average Bonchev–Trinajstić information content (AvgIpc) is 2.25. The molecule has 0 saturated carbocycles. The van der Waals surface area contributed by atoms with Gasteiger partial charge >= 0.3 is 0 Å². The van der Waals surface area contributed by atoms with Crippen LogP contribution in [0.3, 0.4) is 0 Å². The van der Waals surface area contributed by atoms with Crippen LogP contribution < -0.4 is 0 Å². The number of nitriles is 1. The molecule has 0 bridgehead atoms. The molecule has 0 atom stereocenters. The van der Waals surface area contributed by atoms with Crippen LogP contribution in [0.1, 0.15) is 23.6 Å². The third-order valence-electron chi connectivity index (χ3n) is 2.21. The minimum atomic E-state index is -3.91. The van der Waals surface area contributed by atoms with Gasteiger partial charge in [-0.25, -0.2) is 8.42 Å². The molecule has 1 aromatic rings. The van der Waals surface area contributed by atoms with Crippen LogP contribution in [0.15, 0.2) is 17.0 Å². The standard InChI is InChI=1S/C10H9Cl2NO2S/c1-2-7-3-9(6-13)10(16(12,14)15)4-8(7)5-11/h3-4H,2,5H2,1H3. The average molecular weight is 278 g/mol. The summed E-state index contributed by atoms with van der Waals surface area (Å²) in [5.41, 5.74) is 1.60. The van der Waals surface area contributed by atoms with Crippen LogP contribution in [0.4, 0.5) is 0 Å². The summed E-state index contributed by atoms with van der Waals surface area (Å²) < 4.78 is 22.5. The van der Waals surface area contributed by atoms with Crippen LogP contribution in [0.5, 0.6) is 0 Å². The highest BCUT2D eigenvalue weighted by Crippen LogP contribution is 2.25. The molecule has 0 amide bonds. The highest BCUT2D eigenvalue weighted by atomic mass is 35.7. The zero-order valence-corrected chi connectivity index (χ0v) is 10.8. The monoisotopic (exact) mass is 277 g/mol. The molecule has 0 aliphatic carbocycles. The van der Waals surface area contributed by atoms with Gasteiger partial charge in [0.2, 0.25) is 0 Å². The van der Waals surface area contributed by atoms with Crippen LogP contribution in [0.25, 0.3) is 0 Å². The number of hydrogen-bond donors (Lipinski definition) is 0. The molecule has 1 aromatic carbocycles. The minimum absolute atomic E-state index is 0.0562. The summed E-state index contributed by atoms with van der Waals surface area (Å²) in [6.45, 7) is 1.90. The first-order valence-electron chi connectivity index (χ1n) is 4.50. The third kappa shape index (κ3) is 2.67. The van der Waals surface area contributed by atoms with Crippen molar-refractivity contribution in [3.63, 3.8) is 0 Å². The molecule has 0 N–H and O–H groups in total. The number of aryl methyl sites for hydroxylation is 1. The Balaban J connectivity index is 3.58. The lowest BCUT2D eigenvalue weighted by Crippen LogP contribution is -2.00. The van der Waals surface area contributed by atoms with E-state index in [9.17, 15) is 8.42 Å². The van der Waals surface area contributed by atoms with E-state index in [-0.39, 0.29) is 16.3 Å². The Bertz CT molecular complexity index is 547. The molecule has 0 aromatic heterocycles. The van der Waals surface area contributed by atoms with Gasteiger partial charge in [0.25, 0.3) is 9.05 Å². The van der Waals surface area contributed by atoms with Crippen LogP contribution in [-0.4, -0.2) is 8.42 Å². The lowest BCUT2D eigenvalue weighted by atomic mass is 10.0. The van der Waals surface area contributed by atoms with Gasteiger partial charge in [0.1, 0.15) is 11.0 Å². The maximum atomic E-state index is 11.3. The van der Waals surface area contributed by atoms with Gasteiger partial charge in [0.05, 0.1) is 5.56 Å². The Labute approximate surface area is 104 Å². The summed E-state index contributed by atoms with van der Waals surface area (Å²) in [6, 6.07) is 4.71. The molecule has 0 radical (unpaired) electrons. The predicted octanol–water partition coefficient (Wildman–Crippen LogP) is 2.79. The molecule has 16 heavy (non-hydrogen) atoms. The quantitative estimate of drug-likeness (QED) is 0.631. The molecule has 0 aliphatic heterocycles. The number of hydrogen-bond acceptors (Lipinski definition) is 3. The van der Waals surface area contributed by atoms with E-state index in [1.54, 1.807) is 0 Å². The normalized spacial score (nSPS) is 11.1. The molecule has 1 rings (SSSR count). The summed E-state index contributed by atoms with van der Waals surface area (Å²) in [5, 5.41) is 8.86. The Morgan fingerprint density at radius 3 is 2.38 bits per heavy atom. The van der Waals surface area contributed by atoms with Gasteiger partial charge in [-0.1, -0.05) is 6.92 Å². The van der Waals surface area contributed by atoms with Crippen molar-refractivity contribution >= 4 is 31.3 Å². The predicted molar refractivity (Wildman–Crippen MR) is 63.1 cm³/mol. The smallest absolute Gasteiger partial charge is 0.207 e. The Kier molecular flexibility index (Phi) is 4.20. The van der Waals surface area contributed by atoms with Crippen LogP contribution in [0, 0.1) is 11.3 Å². The van der Waals surface area contributed by atoms with E-state index in [0.717, 1.165) is 5.56 Å². The molecule has 0 heterocycles. The van der Waals surface area contributed by atoms with Crippen molar-refractivity contribution in [1.29, 1.82) is 5.26 Å². The largest absolute Gasteiger partial charge is 0.262 e. The fraction of sp³-hybridized carbons (Fsp3) is 0.300. The molecule has 6 heteroatoms. The lowest BCUT2D eigenvalue weighted by Gasteiger charge is -2.08. The van der Waals surface area contributed by atoms with Crippen molar-refractivity contribution in [3.8, 4) is 6.07 Å². The van der Waals surface area contributed by atoms with Crippen molar-refractivity contribution in [2.24, 2.45) is 0 Å². The molecule has 0 aliphatic rings. The highest BCUT2D eigenvalue weighted by Gasteiger charge is 2.18. The maximum absolute atomic E-state index is 11.3. The summed E-state index contributed by atoms with van der Waals surface area (Å²) in [4.78, 5) is -0.176. The van der Waals surface area contributed by atoms with Crippen LogP contribution in [0.2, 0.25) is 0 Å². The molecular weight excluding hydrogens is 269 g/mol. The second kappa shape index (κ2) is 5.05. The van der Waals surface area contributed by atoms with Crippen molar-refractivity contribution in [1.82, 2.24) is 0 Å². The number of nitrogens with zero attached hydrogens (tertiary/aromatic N) is 1. The lowest BCUT2D eigenvalue weighted by molar-refractivity contribution is 0.609. The van der Waals surface area contributed by atoms with Crippen molar-refractivity contribution in [3.05, 3.63) is 28.8 Å². The van der Waals surface area contributed by atoms with Crippen molar-refractivity contribution in [2.45, 2.75) is 24.1 Å². The third-order valence-corrected chi connectivity index (χ3v) is 3.86. The number of benzene rings is 1. The minimum Gasteiger partial charge on any atom is -0.207 e. The van der Waals surface area contributed by atoms with E-state index < -0.39 is 9.05 Å². The zero-order chi connectivity index (χ0) is 12.3. The Morgan fingerprint density at radius 1 is 1.38 bits per heavy atom. The summed E-state index contributed by atoms with van der Waals surface area (Å²) >= 11 is 5.71.